The summed E-state index contributed by atoms with van der Waals surface area (Å²) in [7, 11) is 1.72. The Morgan fingerprint density at radius 3 is 2.68 bits per heavy atom. The van der Waals surface area contributed by atoms with Crippen LogP contribution in [0, 0.1) is 5.92 Å². The van der Waals surface area contributed by atoms with Crippen molar-refractivity contribution in [3.8, 4) is 17.0 Å². The summed E-state index contributed by atoms with van der Waals surface area (Å²) >= 11 is 0. The lowest BCUT2D eigenvalue weighted by Crippen LogP contribution is -2.42. The zero-order valence-electron chi connectivity index (χ0n) is 20.6. The number of aromatic nitrogens is 2. The van der Waals surface area contributed by atoms with Crippen LogP contribution in [0.25, 0.3) is 11.3 Å². The first-order chi connectivity index (χ1) is 16.6. The zero-order chi connectivity index (χ0) is 23.9. The molecule has 1 aromatic heterocycles. The number of rotatable bonds is 10. The van der Waals surface area contributed by atoms with E-state index in [9.17, 15) is 0 Å². The Morgan fingerprint density at radius 2 is 1.94 bits per heavy atom. The second-order valence-electron chi connectivity index (χ2n) is 9.03. The number of methoxy groups -OCH3 is 1. The van der Waals surface area contributed by atoms with Gasteiger partial charge >= 0.3 is 0 Å². The van der Waals surface area contributed by atoms with Gasteiger partial charge in [-0.05, 0) is 23.6 Å². The van der Waals surface area contributed by atoms with Gasteiger partial charge in [-0.25, -0.2) is 4.98 Å². The summed E-state index contributed by atoms with van der Waals surface area (Å²) in [4.78, 5) is 7.72. The molecule has 2 atom stereocenters. The van der Waals surface area contributed by atoms with E-state index in [2.05, 4.69) is 65.2 Å². The van der Waals surface area contributed by atoms with Gasteiger partial charge < -0.3 is 20.4 Å². The maximum absolute atomic E-state index is 5.97. The van der Waals surface area contributed by atoms with Crippen LogP contribution in [-0.2, 0) is 13.1 Å². The smallest absolute Gasteiger partial charge is 0.128 e. The number of nitrogens with two attached hydrogens (primary N) is 1. The average Bonchev–Trinajstić information content (AvgIpc) is 3.32. The van der Waals surface area contributed by atoms with Gasteiger partial charge in [-0.3, -0.25) is 4.90 Å². The number of hydrogen-bond donors (Lipinski definition) is 2. The van der Waals surface area contributed by atoms with Gasteiger partial charge in [0.2, 0.25) is 0 Å². The molecule has 2 heterocycles. The Balaban J connectivity index is 1.50. The summed E-state index contributed by atoms with van der Waals surface area (Å²) in [5.41, 5.74) is 10.3. The fourth-order valence-electron chi connectivity index (χ4n) is 4.76. The van der Waals surface area contributed by atoms with Crippen molar-refractivity contribution in [3.05, 3.63) is 84.1 Å². The third kappa shape index (κ3) is 5.28. The van der Waals surface area contributed by atoms with Crippen molar-refractivity contribution in [1.82, 2.24) is 19.8 Å². The van der Waals surface area contributed by atoms with Crippen molar-refractivity contribution in [3.63, 3.8) is 0 Å². The Morgan fingerprint density at radius 1 is 1.18 bits per heavy atom. The maximum atomic E-state index is 5.97. The molecular weight excluding hydrogens is 422 g/mol. The molecule has 0 spiro atoms. The maximum Gasteiger partial charge on any atom is 0.128 e. The normalized spacial score (nSPS) is 17.3. The molecule has 0 amide bonds. The molecule has 0 bridgehead atoms. The van der Waals surface area contributed by atoms with Crippen LogP contribution >= 0.6 is 0 Å². The minimum absolute atomic E-state index is 0.273. The standard InChI is InChI=1S/C28H37N5O/c1-4-21(2)27-28-31-25(24-12-8-9-13-26(24)34-3)20-33(28)17-16-32(27)15-14-23(18-29)30-19-22-10-6-5-7-11-22/h5-13,18,20-21,27,30H,4,14-17,19,29H2,1-3H3/b23-18-/t21?,27-/m0/s1. The van der Waals surface area contributed by atoms with E-state index in [0.29, 0.717) is 5.92 Å². The predicted octanol–water partition coefficient (Wildman–Crippen LogP) is 4.94. The lowest BCUT2D eigenvalue weighted by Gasteiger charge is -2.39. The number of nitrogens with one attached hydrogen (secondary N) is 1. The summed E-state index contributed by atoms with van der Waals surface area (Å²) in [5.74, 6) is 2.50. The molecule has 6 heteroatoms. The van der Waals surface area contributed by atoms with Crippen LogP contribution in [0.3, 0.4) is 0 Å². The topological polar surface area (TPSA) is 68.3 Å². The Labute approximate surface area is 203 Å². The van der Waals surface area contributed by atoms with E-state index >= 15 is 0 Å². The fraction of sp³-hybridized carbons (Fsp3) is 0.393. The Hall–Kier alpha value is -3.25. The highest BCUT2D eigenvalue weighted by atomic mass is 16.5. The molecule has 1 unspecified atom stereocenters. The van der Waals surface area contributed by atoms with Gasteiger partial charge in [0.1, 0.15) is 11.6 Å². The molecule has 34 heavy (non-hydrogen) atoms. The predicted molar refractivity (Wildman–Crippen MR) is 138 cm³/mol. The molecule has 0 aliphatic carbocycles. The quantitative estimate of drug-likeness (QED) is 0.449. The monoisotopic (exact) mass is 459 g/mol. The van der Waals surface area contributed by atoms with Crippen LogP contribution in [0.4, 0.5) is 0 Å². The third-order valence-corrected chi connectivity index (χ3v) is 6.89. The molecule has 1 aliphatic rings. The van der Waals surface area contributed by atoms with Crippen LogP contribution in [0.2, 0.25) is 0 Å². The highest BCUT2D eigenvalue weighted by Crippen LogP contribution is 2.37. The van der Waals surface area contributed by atoms with Crippen molar-refractivity contribution in [2.45, 2.75) is 45.8 Å². The minimum atomic E-state index is 0.273. The molecule has 6 nitrogen and oxygen atoms in total. The summed E-state index contributed by atoms with van der Waals surface area (Å²) in [5, 5.41) is 3.52. The molecule has 0 fully saturated rings. The Bertz CT molecular complexity index is 1090. The van der Waals surface area contributed by atoms with Crippen molar-refractivity contribution in [1.29, 1.82) is 0 Å². The van der Waals surface area contributed by atoms with Gasteiger partial charge in [0.25, 0.3) is 0 Å². The molecule has 3 aromatic rings. The largest absolute Gasteiger partial charge is 0.496 e. The van der Waals surface area contributed by atoms with Crippen LogP contribution < -0.4 is 15.8 Å². The molecule has 3 N–H and O–H groups in total. The second-order valence-corrected chi connectivity index (χ2v) is 9.03. The van der Waals surface area contributed by atoms with E-state index in [1.54, 1.807) is 13.3 Å². The van der Waals surface area contributed by atoms with E-state index in [0.717, 1.165) is 67.5 Å². The van der Waals surface area contributed by atoms with Gasteiger partial charge in [0.05, 0.1) is 18.8 Å². The molecule has 0 saturated carbocycles. The number of para-hydroxylation sites is 1. The van der Waals surface area contributed by atoms with Crippen molar-refractivity contribution < 1.29 is 4.74 Å². The molecule has 0 saturated heterocycles. The van der Waals surface area contributed by atoms with E-state index in [1.807, 2.05) is 24.3 Å². The van der Waals surface area contributed by atoms with E-state index in [4.69, 9.17) is 15.5 Å². The lowest BCUT2D eigenvalue weighted by molar-refractivity contribution is 0.108. The first-order valence-corrected chi connectivity index (χ1v) is 12.3. The average molecular weight is 460 g/mol. The molecule has 180 valence electrons. The highest BCUT2D eigenvalue weighted by Gasteiger charge is 2.33. The van der Waals surface area contributed by atoms with Crippen LogP contribution in [0.5, 0.6) is 5.75 Å². The number of nitrogens with zero attached hydrogens (tertiary/aromatic N) is 3. The Kier molecular flexibility index (Phi) is 7.91. The SMILES string of the molecule is CCC(C)[C@H]1c2nc(-c3ccccc3OC)cn2CCN1CC/C(=C/N)NCc1ccccc1. The van der Waals surface area contributed by atoms with E-state index in [-0.39, 0.29) is 6.04 Å². The molecule has 1 aliphatic heterocycles. The highest BCUT2D eigenvalue weighted by molar-refractivity contribution is 5.66. The lowest BCUT2D eigenvalue weighted by atomic mass is 9.95. The van der Waals surface area contributed by atoms with Gasteiger partial charge in [-0.2, -0.15) is 0 Å². The van der Waals surface area contributed by atoms with Crippen LogP contribution in [-0.4, -0.2) is 34.7 Å². The van der Waals surface area contributed by atoms with Crippen LogP contribution in [0.1, 0.15) is 44.1 Å². The van der Waals surface area contributed by atoms with E-state index in [1.165, 1.54) is 5.56 Å². The van der Waals surface area contributed by atoms with Gasteiger partial charge in [-0.15, -0.1) is 0 Å². The summed E-state index contributed by atoms with van der Waals surface area (Å²) in [6.07, 6.45) is 5.89. The summed E-state index contributed by atoms with van der Waals surface area (Å²) in [6.45, 7) is 8.25. The number of ether oxygens (including phenoxy) is 1. The molecule has 4 rings (SSSR count). The number of hydrogen-bond acceptors (Lipinski definition) is 5. The molecule has 2 aromatic carbocycles. The molecule has 0 radical (unpaired) electrons. The van der Waals surface area contributed by atoms with Crippen molar-refractivity contribution in [2.75, 3.05) is 20.2 Å². The van der Waals surface area contributed by atoms with Gasteiger partial charge in [0, 0.05) is 56.3 Å². The zero-order valence-corrected chi connectivity index (χ0v) is 20.6. The van der Waals surface area contributed by atoms with Gasteiger partial charge in [-0.1, -0.05) is 62.7 Å². The number of imidazole rings is 1. The van der Waals surface area contributed by atoms with Gasteiger partial charge in [0.15, 0.2) is 0 Å². The summed E-state index contributed by atoms with van der Waals surface area (Å²) < 4.78 is 7.93. The number of fused-ring (bicyclic) bond motifs is 1. The van der Waals surface area contributed by atoms with E-state index < -0.39 is 0 Å². The van der Waals surface area contributed by atoms with Crippen molar-refractivity contribution in [2.24, 2.45) is 11.7 Å². The minimum Gasteiger partial charge on any atom is -0.496 e. The first kappa shape index (κ1) is 23.9. The second kappa shape index (κ2) is 11.3. The van der Waals surface area contributed by atoms with Crippen LogP contribution in [0.15, 0.2) is 72.7 Å². The third-order valence-electron chi connectivity index (χ3n) is 6.89. The summed E-state index contributed by atoms with van der Waals surface area (Å²) in [6, 6.07) is 18.8. The molecular formula is C28H37N5O. The first-order valence-electron chi connectivity index (χ1n) is 12.3. The fourth-order valence-corrected chi connectivity index (χ4v) is 4.76. The number of benzene rings is 2. The van der Waals surface area contributed by atoms with Crippen molar-refractivity contribution >= 4 is 0 Å².